The summed E-state index contributed by atoms with van der Waals surface area (Å²) in [5.41, 5.74) is 5.66. The molecular weight excluding hydrogens is 178 g/mol. The molecule has 1 aromatic heterocycles. The summed E-state index contributed by atoms with van der Waals surface area (Å²) in [5, 5.41) is 4.15. The van der Waals surface area contributed by atoms with Crippen molar-refractivity contribution in [2.45, 2.75) is 26.2 Å². The predicted octanol–water partition coefficient (Wildman–Crippen LogP) is 0.515. The van der Waals surface area contributed by atoms with Crippen molar-refractivity contribution in [3.8, 4) is 0 Å². The van der Waals surface area contributed by atoms with E-state index in [0.717, 1.165) is 30.9 Å². The van der Waals surface area contributed by atoms with E-state index in [0.29, 0.717) is 6.54 Å². The summed E-state index contributed by atoms with van der Waals surface area (Å²) in [4.78, 5) is 8.32. The highest BCUT2D eigenvalue weighted by atomic mass is 15.3. The molecule has 0 spiro atoms. The highest BCUT2D eigenvalue weighted by molar-refractivity contribution is 5.80. The zero-order valence-corrected chi connectivity index (χ0v) is 8.77. The van der Waals surface area contributed by atoms with Gasteiger partial charge in [-0.15, -0.1) is 0 Å². The fourth-order valence-corrected chi connectivity index (χ4v) is 1.13. The summed E-state index contributed by atoms with van der Waals surface area (Å²) in [5.74, 6) is 1.55. The Balaban J connectivity index is 2.31. The molecule has 0 atom stereocenters. The van der Waals surface area contributed by atoms with Gasteiger partial charge in [-0.25, -0.2) is 4.98 Å². The Labute approximate surface area is 84.0 Å². The highest BCUT2D eigenvalue weighted by Crippen LogP contribution is 1.92. The van der Waals surface area contributed by atoms with Gasteiger partial charge < -0.3 is 5.73 Å². The summed E-state index contributed by atoms with van der Waals surface area (Å²) < 4.78 is 1.69. The van der Waals surface area contributed by atoms with Crippen LogP contribution in [0.1, 0.15) is 25.6 Å². The number of amidine groups is 1. The van der Waals surface area contributed by atoms with Crippen LogP contribution >= 0.6 is 0 Å². The standard InChI is InChI=1S/C9H17N5/c1-3-4-8(10)11-6-5-9-12-7-14(2)13-9/h7H,3-6H2,1-2H3,(H2,10,11). The second-order valence-corrected chi connectivity index (χ2v) is 3.21. The van der Waals surface area contributed by atoms with Gasteiger partial charge in [0, 0.05) is 26.4 Å². The van der Waals surface area contributed by atoms with Gasteiger partial charge in [0.05, 0.1) is 5.84 Å². The Morgan fingerprint density at radius 2 is 2.43 bits per heavy atom. The van der Waals surface area contributed by atoms with Gasteiger partial charge in [-0.05, 0) is 6.42 Å². The zero-order valence-electron chi connectivity index (χ0n) is 8.77. The van der Waals surface area contributed by atoms with Gasteiger partial charge in [-0.3, -0.25) is 9.67 Å². The van der Waals surface area contributed by atoms with E-state index in [1.165, 1.54) is 0 Å². The van der Waals surface area contributed by atoms with Crippen molar-refractivity contribution in [1.29, 1.82) is 0 Å². The number of aliphatic imine (C=N–C) groups is 1. The van der Waals surface area contributed by atoms with Crippen molar-refractivity contribution in [3.05, 3.63) is 12.2 Å². The van der Waals surface area contributed by atoms with E-state index < -0.39 is 0 Å². The van der Waals surface area contributed by atoms with Crippen molar-refractivity contribution in [2.75, 3.05) is 6.54 Å². The number of aryl methyl sites for hydroxylation is 1. The molecule has 0 saturated carbocycles. The van der Waals surface area contributed by atoms with E-state index in [9.17, 15) is 0 Å². The number of aromatic nitrogens is 3. The lowest BCUT2D eigenvalue weighted by Gasteiger charge is -1.96. The first kappa shape index (κ1) is 10.7. The van der Waals surface area contributed by atoms with Crippen LogP contribution in [0.4, 0.5) is 0 Å². The van der Waals surface area contributed by atoms with Crippen molar-refractivity contribution in [3.63, 3.8) is 0 Å². The van der Waals surface area contributed by atoms with E-state index >= 15 is 0 Å². The third-order valence-corrected chi connectivity index (χ3v) is 1.80. The zero-order chi connectivity index (χ0) is 10.4. The monoisotopic (exact) mass is 195 g/mol. The molecule has 0 radical (unpaired) electrons. The molecule has 0 fully saturated rings. The van der Waals surface area contributed by atoms with E-state index in [4.69, 9.17) is 5.73 Å². The first-order valence-corrected chi connectivity index (χ1v) is 4.85. The average molecular weight is 195 g/mol. The molecule has 1 heterocycles. The van der Waals surface area contributed by atoms with Crippen LogP contribution in [-0.2, 0) is 13.5 Å². The summed E-state index contributed by atoms with van der Waals surface area (Å²) in [6, 6.07) is 0. The number of nitrogens with zero attached hydrogens (tertiary/aromatic N) is 4. The van der Waals surface area contributed by atoms with Crippen molar-refractivity contribution >= 4 is 5.84 Å². The molecule has 0 saturated heterocycles. The van der Waals surface area contributed by atoms with Crippen LogP contribution in [0, 0.1) is 0 Å². The number of hydrogen-bond donors (Lipinski definition) is 1. The normalized spacial score (nSPS) is 12.0. The first-order chi connectivity index (χ1) is 6.72. The molecule has 0 bridgehead atoms. The summed E-state index contributed by atoms with van der Waals surface area (Å²) >= 11 is 0. The second kappa shape index (κ2) is 5.36. The third kappa shape index (κ3) is 3.55. The Morgan fingerprint density at radius 1 is 1.64 bits per heavy atom. The molecule has 5 nitrogen and oxygen atoms in total. The fourth-order valence-electron chi connectivity index (χ4n) is 1.13. The lowest BCUT2D eigenvalue weighted by Crippen LogP contribution is -2.12. The molecule has 0 aromatic carbocycles. The van der Waals surface area contributed by atoms with Crippen LogP contribution < -0.4 is 5.73 Å². The van der Waals surface area contributed by atoms with Crippen LogP contribution in [0.2, 0.25) is 0 Å². The lowest BCUT2D eigenvalue weighted by molar-refractivity contribution is 0.738. The average Bonchev–Trinajstić information content (AvgIpc) is 2.52. The largest absolute Gasteiger partial charge is 0.387 e. The molecular formula is C9H17N5. The summed E-state index contributed by atoms with van der Waals surface area (Å²) in [6.45, 7) is 2.76. The van der Waals surface area contributed by atoms with Crippen molar-refractivity contribution in [1.82, 2.24) is 14.8 Å². The number of rotatable bonds is 5. The van der Waals surface area contributed by atoms with Gasteiger partial charge in [-0.2, -0.15) is 5.10 Å². The van der Waals surface area contributed by atoms with Crippen LogP contribution in [-0.4, -0.2) is 27.1 Å². The SMILES string of the molecule is CCCC(N)=NCCc1ncn(C)n1. The molecule has 78 valence electrons. The maximum atomic E-state index is 5.66. The third-order valence-electron chi connectivity index (χ3n) is 1.80. The van der Waals surface area contributed by atoms with E-state index in [2.05, 4.69) is 22.0 Å². The molecule has 1 rings (SSSR count). The maximum absolute atomic E-state index is 5.66. The van der Waals surface area contributed by atoms with Gasteiger partial charge in [0.2, 0.25) is 0 Å². The quantitative estimate of drug-likeness (QED) is 0.550. The molecule has 1 aromatic rings. The van der Waals surface area contributed by atoms with Gasteiger partial charge in [0.15, 0.2) is 5.82 Å². The van der Waals surface area contributed by atoms with Crippen molar-refractivity contribution in [2.24, 2.45) is 17.8 Å². The predicted molar refractivity (Wildman–Crippen MR) is 56.1 cm³/mol. The fraction of sp³-hybridized carbons (Fsp3) is 0.667. The molecule has 5 heteroatoms. The van der Waals surface area contributed by atoms with E-state index in [-0.39, 0.29) is 0 Å². The summed E-state index contributed by atoms with van der Waals surface area (Å²) in [7, 11) is 1.85. The minimum Gasteiger partial charge on any atom is -0.387 e. The highest BCUT2D eigenvalue weighted by Gasteiger charge is 1.97. The topological polar surface area (TPSA) is 69.1 Å². The molecule has 0 amide bonds. The minimum atomic E-state index is 0.676. The lowest BCUT2D eigenvalue weighted by atomic mass is 10.3. The van der Waals surface area contributed by atoms with Gasteiger partial charge in [0.1, 0.15) is 6.33 Å². The smallest absolute Gasteiger partial charge is 0.152 e. The van der Waals surface area contributed by atoms with E-state index in [1.807, 2.05) is 7.05 Å². The van der Waals surface area contributed by atoms with Crippen LogP contribution in [0.5, 0.6) is 0 Å². The Kier molecular flexibility index (Phi) is 4.10. The Bertz CT molecular complexity index is 302. The molecule has 0 aliphatic carbocycles. The number of hydrogen-bond acceptors (Lipinski definition) is 3. The maximum Gasteiger partial charge on any atom is 0.152 e. The van der Waals surface area contributed by atoms with Crippen LogP contribution in [0.15, 0.2) is 11.3 Å². The van der Waals surface area contributed by atoms with Crippen LogP contribution in [0.25, 0.3) is 0 Å². The molecule has 0 aliphatic heterocycles. The number of nitrogens with two attached hydrogens (primary N) is 1. The van der Waals surface area contributed by atoms with Gasteiger partial charge in [-0.1, -0.05) is 6.92 Å². The summed E-state index contributed by atoms with van der Waals surface area (Å²) in [6.07, 6.45) is 4.35. The molecule has 0 unspecified atom stereocenters. The Hall–Kier alpha value is -1.39. The first-order valence-electron chi connectivity index (χ1n) is 4.85. The second-order valence-electron chi connectivity index (χ2n) is 3.21. The molecule has 2 N–H and O–H groups in total. The molecule has 14 heavy (non-hydrogen) atoms. The van der Waals surface area contributed by atoms with E-state index in [1.54, 1.807) is 11.0 Å². The Morgan fingerprint density at radius 3 is 3.00 bits per heavy atom. The van der Waals surface area contributed by atoms with Gasteiger partial charge >= 0.3 is 0 Å². The minimum absolute atomic E-state index is 0.676. The van der Waals surface area contributed by atoms with Crippen molar-refractivity contribution < 1.29 is 0 Å². The van der Waals surface area contributed by atoms with Gasteiger partial charge in [0.25, 0.3) is 0 Å². The van der Waals surface area contributed by atoms with Crippen LogP contribution in [0.3, 0.4) is 0 Å². The molecule has 0 aliphatic rings.